The lowest BCUT2D eigenvalue weighted by Gasteiger charge is -2.25. The molecule has 2 aromatic rings. The largest absolute Gasteiger partial charge is 0.573 e. The highest BCUT2D eigenvalue weighted by molar-refractivity contribution is 6.00. The zero-order valence-electron chi connectivity index (χ0n) is 19.5. The van der Waals surface area contributed by atoms with Crippen LogP contribution in [0.4, 0.5) is 55.9 Å². The zero-order chi connectivity index (χ0) is 28.7. The molecule has 0 atom stereocenters. The predicted octanol–water partition coefficient (Wildman–Crippen LogP) is 4.86. The van der Waals surface area contributed by atoms with Crippen LogP contribution < -0.4 is 24.4 Å². The van der Waals surface area contributed by atoms with Crippen molar-refractivity contribution in [2.45, 2.75) is 18.7 Å². The first-order chi connectivity index (χ1) is 17.4. The monoisotopic (exact) mass is 565 g/mol. The fourth-order valence-corrected chi connectivity index (χ4v) is 2.56. The van der Waals surface area contributed by atoms with Crippen molar-refractivity contribution >= 4 is 17.7 Å². The quantitative estimate of drug-likeness (QED) is 0.412. The second kappa shape index (κ2) is 12.2. The standard InChI is InChI=1S/C20H20F9N5O4/c1-33(2)7-8-34(12-3-5-13(6-4-12)38-20(27,28)29)17(35)32-16-30-14(36-10-18(21,22)23)9-15(31-16)37-11-19(24,25)26/h3-6,9H,7-8,10-11H2,1-2H3,(H,30,31,32,35). The van der Waals surface area contributed by atoms with Crippen LogP contribution in [0, 0.1) is 0 Å². The maximum atomic E-state index is 13.0. The van der Waals surface area contributed by atoms with E-state index in [4.69, 9.17) is 0 Å². The molecule has 1 aromatic carbocycles. The number of hydrogen-bond acceptors (Lipinski definition) is 7. The van der Waals surface area contributed by atoms with Gasteiger partial charge < -0.3 is 19.1 Å². The molecule has 1 heterocycles. The van der Waals surface area contributed by atoms with Crippen molar-refractivity contribution in [3.8, 4) is 17.5 Å². The fraction of sp³-hybridized carbons (Fsp3) is 0.450. The van der Waals surface area contributed by atoms with Gasteiger partial charge in [0.25, 0.3) is 0 Å². The van der Waals surface area contributed by atoms with Gasteiger partial charge in [0, 0.05) is 18.8 Å². The second-order valence-electron chi connectivity index (χ2n) is 7.60. The van der Waals surface area contributed by atoms with Crippen molar-refractivity contribution < 1.29 is 58.5 Å². The molecule has 0 fully saturated rings. The summed E-state index contributed by atoms with van der Waals surface area (Å²) in [4.78, 5) is 22.7. The van der Waals surface area contributed by atoms with Crippen LogP contribution in [0.3, 0.4) is 0 Å². The van der Waals surface area contributed by atoms with Gasteiger partial charge in [-0.15, -0.1) is 13.2 Å². The molecule has 0 bridgehead atoms. The van der Waals surface area contributed by atoms with Crippen molar-refractivity contribution in [3.05, 3.63) is 30.3 Å². The van der Waals surface area contributed by atoms with E-state index in [0.717, 1.165) is 29.2 Å². The van der Waals surface area contributed by atoms with Gasteiger partial charge in [-0.25, -0.2) is 4.79 Å². The van der Waals surface area contributed by atoms with Crippen molar-refractivity contribution in [3.63, 3.8) is 0 Å². The number of nitrogens with one attached hydrogen (secondary N) is 1. The minimum Gasteiger partial charge on any atom is -0.468 e. The van der Waals surface area contributed by atoms with Gasteiger partial charge in [0.05, 0.1) is 6.07 Å². The van der Waals surface area contributed by atoms with Crippen LogP contribution in [0.15, 0.2) is 30.3 Å². The number of ether oxygens (including phenoxy) is 3. The molecule has 0 unspecified atom stereocenters. The molecule has 0 spiro atoms. The summed E-state index contributed by atoms with van der Waals surface area (Å²) in [6, 6.07) is 3.66. The van der Waals surface area contributed by atoms with Crippen molar-refractivity contribution in [2.75, 3.05) is 50.6 Å². The zero-order valence-corrected chi connectivity index (χ0v) is 19.5. The van der Waals surface area contributed by atoms with E-state index >= 15 is 0 Å². The van der Waals surface area contributed by atoms with Gasteiger partial charge in [0.2, 0.25) is 17.7 Å². The molecular weight excluding hydrogens is 545 g/mol. The van der Waals surface area contributed by atoms with Crippen LogP contribution in [0.5, 0.6) is 17.5 Å². The molecule has 2 amide bonds. The van der Waals surface area contributed by atoms with E-state index in [1.807, 2.05) is 0 Å². The van der Waals surface area contributed by atoms with Gasteiger partial charge in [0.1, 0.15) is 5.75 Å². The van der Waals surface area contributed by atoms with E-state index in [-0.39, 0.29) is 18.8 Å². The van der Waals surface area contributed by atoms with Crippen molar-refractivity contribution in [2.24, 2.45) is 0 Å². The Hall–Kier alpha value is -3.70. The molecule has 0 aliphatic heterocycles. The number of alkyl halides is 9. The Kier molecular flexibility index (Phi) is 9.82. The SMILES string of the molecule is CN(C)CCN(C(=O)Nc1nc(OCC(F)(F)F)cc(OCC(F)(F)F)n1)c1ccc(OC(F)(F)F)cc1. The molecule has 1 N–H and O–H groups in total. The number of halogens is 9. The molecule has 38 heavy (non-hydrogen) atoms. The molecule has 9 nitrogen and oxygen atoms in total. The summed E-state index contributed by atoms with van der Waals surface area (Å²) in [5.41, 5.74) is 0.0666. The van der Waals surface area contributed by atoms with E-state index < -0.39 is 61.4 Å². The highest BCUT2D eigenvalue weighted by Crippen LogP contribution is 2.27. The van der Waals surface area contributed by atoms with Crippen LogP contribution >= 0.6 is 0 Å². The van der Waals surface area contributed by atoms with E-state index in [9.17, 15) is 44.3 Å². The number of carbonyl (C=O) groups excluding carboxylic acids is 1. The number of likely N-dealkylation sites (N-methyl/N-ethyl adjacent to an activating group) is 1. The second-order valence-corrected chi connectivity index (χ2v) is 7.60. The number of anilines is 2. The summed E-state index contributed by atoms with van der Waals surface area (Å²) >= 11 is 0. The van der Waals surface area contributed by atoms with E-state index in [1.54, 1.807) is 19.0 Å². The van der Waals surface area contributed by atoms with Crippen LogP contribution in [-0.4, -0.2) is 80.0 Å². The summed E-state index contributed by atoms with van der Waals surface area (Å²) in [5, 5.41) is 2.10. The number of hydrogen-bond donors (Lipinski definition) is 1. The number of benzene rings is 1. The van der Waals surface area contributed by atoms with Crippen molar-refractivity contribution in [1.29, 1.82) is 0 Å². The number of amides is 2. The minimum atomic E-state index is -4.95. The summed E-state index contributed by atoms with van der Waals surface area (Å²) in [5.74, 6) is -3.03. The molecule has 0 radical (unpaired) electrons. The third-order valence-corrected chi connectivity index (χ3v) is 4.06. The molecule has 0 saturated heterocycles. The lowest BCUT2D eigenvalue weighted by molar-refractivity contribution is -0.274. The van der Waals surface area contributed by atoms with E-state index in [0.29, 0.717) is 6.07 Å². The maximum absolute atomic E-state index is 13.0. The molecule has 2 rings (SSSR count). The first-order valence-electron chi connectivity index (χ1n) is 10.3. The Morgan fingerprint density at radius 2 is 1.34 bits per heavy atom. The Balaban J connectivity index is 2.31. The smallest absolute Gasteiger partial charge is 0.468 e. The summed E-state index contributed by atoms with van der Waals surface area (Å²) < 4.78 is 125. The van der Waals surface area contributed by atoms with Crippen LogP contribution in [0.2, 0.25) is 0 Å². The Morgan fingerprint density at radius 3 is 1.76 bits per heavy atom. The van der Waals surface area contributed by atoms with Crippen LogP contribution in [-0.2, 0) is 0 Å². The Bertz CT molecular complexity index is 1020. The molecule has 1 aromatic heterocycles. The number of urea groups is 1. The van der Waals surface area contributed by atoms with Crippen LogP contribution in [0.25, 0.3) is 0 Å². The highest BCUT2D eigenvalue weighted by Gasteiger charge is 2.32. The third-order valence-electron chi connectivity index (χ3n) is 4.06. The molecule has 18 heteroatoms. The number of rotatable bonds is 10. The summed E-state index contributed by atoms with van der Waals surface area (Å²) in [7, 11) is 3.32. The molecule has 0 aliphatic carbocycles. The van der Waals surface area contributed by atoms with Gasteiger partial charge in [-0.3, -0.25) is 10.2 Å². The number of nitrogens with zero attached hydrogens (tertiary/aromatic N) is 4. The first-order valence-corrected chi connectivity index (χ1v) is 10.3. The number of carbonyl (C=O) groups is 1. The minimum absolute atomic E-state index is 0.0556. The molecule has 0 aliphatic rings. The lowest BCUT2D eigenvalue weighted by Crippen LogP contribution is -2.40. The summed E-state index contributed by atoms with van der Waals surface area (Å²) in [6.45, 7) is -3.52. The normalized spacial score (nSPS) is 12.3. The predicted molar refractivity (Wildman–Crippen MR) is 113 cm³/mol. The fourth-order valence-electron chi connectivity index (χ4n) is 2.56. The van der Waals surface area contributed by atoms with E-state index in [1.165, 1.54) is 0 Å². The molecule has 212 valence electrons. The van der Waals surface area contributed by atoms with E-state index in [2.05, 4.69) is 29.5 Å². The van der Waals surface area contributed by atoms with Gasteiger partial charge in [-0.2, -0.15) is 36.3 Å². The van der Waals surface area contributed by atoms with Crippen LogP contribution in [0.1, 0.15) is 0 Å². The molecular formula is C20H20F9N5O4. The van der Waals surface area contributed by atoms with Gasteiger partial charge in [0.15, 0.2) is 13.2 Å². The average Bonchev–Trinajstić information content (AvgIpc) is 2.75. The van der Waals surface area contributed by atoms with Gasteiger partial charge in [-0.05, 0) is 38.4 Å². The molecule has 0 saturated carbocycles. The maximum Gasteiger partial charge on any atom is 0.573 e. The lowest BCUT2D eigenvalue weighted by atomic mass is 10.2. The number of aromatic nitrogens is 2. The summed E-state index contributed by atoms with van der Waals surface area (Å²) in [6.07, 6.45) is -14.6. The van der Waals surface area contributed by atoms with Crippen molar-refractivity contribution in [1.82, 2.24) is 14.9 Å². The van der Waals surface area contributed by atoms with Gasteiger partial charge in [-0.1, -0.05) is 0 Å². The topological polar surface area (TPSA) is 89.1 Å². The van der Waals surface area contributed by atoms with Gasteiger partial charge >= 0.3 is 24.7 Å². The highest BCUT2D eigenvalue weighted by atomic mass is 19.4. The average molecular weight is 565 g/mol. The third kappa shape index (κ3) is 11.6. The Morgan fingerprint density at radius 1 is 0.842 bits per heavy atom. The first kappa shape index (κ1) is 30.5. The Labute approximate surface area is 209 Å².